The number of nitrogens with one attached hydrogen (secondary N) is 1. The van der Waals surface area contributed by atoms with Crippen LogP contribution in [0.4, 0.5) is 0 Å². The number of rotatable bonds is 3. The highest BCUT2D eigenvalue weighted by atomic mass is 31.2. The molecule has 3 heterocycles. The van der Waals surface area contributed by atoms with Crippen LogP contribution in [-0.2, 0) is 23.1 Å². The van der Waals surface area contributed by atoms with E-state index in [0.29, 0.717) is 12.8 Å². The minimum Gasteiger partial charge on any atom is -0.376 e. The highest BCUT2D eigenvalue weighted by molar-refractivity contribution is 7.51. The average Bonchev–Trinajstić information content (AvgIpc) is 3.00. The standard InChI is InChI=1S/C13H24NO5P/c1-9-3-6-17-13(9)11-4-8-18-20(15,14-11)19-12-5-7-16-10(12)2/h9-13H,3-8H2,1-2H3,(H,14,15)/t9-,10+,11+,12-,13-,20+/m0/s1/i2D,6T,7T/t6-,7-,9-,10+,11+,12-,13-,20+. The van der Waals surface area contributed by atoms with Crippen LogP contribution in [0.3, 0.4) is 0 Å². The van der Waals surface area contributed by atoms with Crippen molar-refractivity contribution in [2.75, 3.05) is 19.8 Å². The SMILES string of the molecule is [2H]C[C@H]1O[C@@H]([3H])C[C@@H]1O[P@@]1(=O)N[C@@H]([C@H]2O[C@@H]([3H])C[C@@H]2C)CCO1. The van der Waals surface area contributed by atoms with Crippen molar-refractivity contribution >= 4 is 7.75 Å². The van der Waals surface area contributed by atoms with E-state index in [4.69, 9.17) is 22.6 Å². The molecule has 0 aromatic rings. The van der Waals surface area contributed by atoms with Gasteiger partial charge in [0, 0.05) is 27.0 Å². The molecule has 0 saturated carbocycles. The van der Waals surface area contributed by atoms with E-state index in [1.54, 1.807) is 0 Å². The minimum absolute atomic E-state index is 0.0488. The summed E-state index contributed by atoms with van der Waals surface area (Å²) in [6.07, 6.45) is 0.237. The Morgan fingerprint density at radius 1 is 1.40 bits per heavy atom. The Kier molecular flexibility index (Phi) is 3.49. The summed E-state index contributed by atoms with van der Waals surface area (Å²) < 4.78 is 57.5. The lowest BCUT2D eigenvalue weighted by atomic mass is 9.96. The van der Waals surface area contributed by atoms with Crippen molar-refractivity contribution in [3.8, 4) is 0 Å². The number of ether oxygens (including phenoxy) is 2. The van der Waals surface area contributed by atoms with Crippen molar-refractivity contribution in [3.63, 3.8) is 0 Å². The van der Waals surface area contributed by atoms with Crippen LogP contribution < -0.4 is 5.09 Å². The molecule has 0 aromatic carbocycles. The topological polar surface area (TPSA) is 66.0 Å². The van der Waals surface area contributed by atoms with Crippen molar-refractivity contribution < 1.29 is 27.2 Å². The zero-order valence-corrected chi connectivity index (χ0v) is 12.5. The molecule has 0 amide bonds. The second-order valence-electron chi connectivity index (χ2n) is 5.56. The predicted molar refractivity (Wildman–Crippen MR) is 73.5 cm³/mol. The van der Waals surface area contributed by atoms with Crippen LogP contribution in [-0.4, -0.2) is 44.1 Å². The molecular formula is C13H24NO5P. The highest BCUT2D eigenvalue weighted by Gasteiger charge is 2.43. The lowest BCUT2D eigenvalue weighted by Gasteiger charge is -2.35. The maximum absolute atomic E-state index is 12.9. The first-order valence-electron chi connectivity index (χ1n) is 8.92. The predicted octanol–water partition coefficient (Wildman–Crippen LogP) is 2.09. The summed E-state index contributed by atoms with van der Waals surface area (Å²) in [5.41, 5.74) is 0. The van der Waals surface area contributed by atoms with Crippen LogP contribution in [0, 0.1) is 5.92 Å². The molecule has 0 aromatic heterocycles. The Bertz CT molecular complexity index is 473. The van der Waals surface area contributed by atoms with Crippen molar-refractivity contribution in [2.24, 2.45) is 5.92 Å². The van der Waals surface area contributed by atoms with E-state index >= 15 is 0 Å². The monoisotopic (exact) mass is 310 g/mol. The molecule has 20 heavy (non-hydrogen) atoms. The quantitative estimate of drug-likeness (QED) is 0.805. The van der Waals surface area contributed by atoms with Gasteiger partial charge < -0.3 is 9.47 Å². The fourth-order valence-electron chi connectivity index (χ4n) is 2.78. The molecule has 3 fully saturated rings. The van der Waals surface area contributed by atoms with Crippen molar-refractivity contribution in [2.45, 2.75) is 57.4 Å². The largest absolute Gasteiger partial charge is 0.406 e. The summed E-state index contributed by atoms with van der Waals surface area (Å²) in [5.74, 6) is 0.204. The molecule has 1 N–H and O–H groups in total. The maximum atomic E-state index is 12.9. The van der Waals surface area contributed by atoms with Gasteiger partial charge in [-0.1, -0.05) is 6.92 Å². The summed E-state index contributed by atoms with van der Waals surface area (Å²) in [7, 11) is -3.53. The number of hydrogen-bond donors (Lipinski definition) is 1. The van der Waals surface area contributed by atoms with Crippen molar-refractivity contribution in [3.05, 3.63) is 0 Å². The Morgan fingerprint density at radius 2 is 2.25 bits per heavy atom. The van der Waals surface area contributed by atoms with Gasteiger partial charge in [-0.25, -0.2) is 9.65 Å². The molecule has 3 rings (SSSR count). The summed E-state index contributed by atoms with van der Waals surface area (Å²) >= 11 is 0. The molecule has 116 valence electrons. The van der Waals surface area contributed by atoms with Gasteiger partial charge in [0.1, 0.15) is 0 Å². The van der Waals surface area contributed by atoms with Crippen molar-refractivity contribution in [1.82, 2.24) is 5.09 Å². The maximum Gasteiger partial charge on any atom is 0.406 e. The summed E-state index contributed by atoms with van der Waals surface area (Å²) in [6.45, 7) is 0.957. The van der Waals surface area contributed by atoms with Gasteiger partial charge in [-0.3, -0.25) is 9.05 Å². The summed E-state index contributed by atoms with van der Waals surface area (Å²) in [6, 6.07) is -0.191. The van der Waals surface area contributed by atoms with Crippen LogP contribution in [0.25, 0.3) is 0 Å². The molecule has 0 spiro atoms. The second-order valence-corrected chi connectivity index (χ2v) is 7.28. The molecular weight excluding hydrogens is 281 g/mol. The lowest BCUT2D eigenvalue weighted by molar-refractivity contribution is 0.0268. The highest BCUT2D eigenvalue weighted by Crippen LogP contribution is 2.50. The Balaban J connectivity index is 1.64. The third-order valence-corrected chi connectivity index (χ3v) is 5.70. The van der Waals surface area contributed by atoms with Gasteiger partial charge in [-0.05, 0) is 25.7 Å². The van der Waals surface area contributed by atoms with Gasteiger partial charge in [0.2, 0.25) is 0 Å². The fraction of sp³-hybridized carbons (Fsp3) is 1.00. The molecule has 3 saturated heterocycles. The molecule has 0 unspecified atom stereocenters. The molecule has 3 aliphatic rings. The van der Waals surface area contributed by atoms with Crippen LogP contribution in [0.15, 0.2) is 0 Å². The van der Waals surface area contributed by atoms with E-state index in [0.717, 1.165) is 0 Å². The third-order valence-electron chi connectivity index (χ3n) is 3.98. The molecule has 0 radical (unpaired) electrons. The van der Waals surface area contributed by atoms with Gasteiger partial charge in [0.15, 0.2) is 0 Å². The number of hydrogen-bond acceptors (Lipinski definition) is 5. The molecule has 6 nitrogen and oxygen atoms in total. The summed E-state index contributed by atoms with van der Waals surface area (Å²) in [4.78, 5) is 0. The third kappa shape index (κ3) is 3.11. The first-order chi connectivity index (χ1) is 10.9. The van der Waals surface area contributed by atoms with Gasteiger partial charge in [0.25, 0.3) is 0 Å². The van der Waals surface area contributed by atoms with E-state index in [1.165, 1.54) is 0 Å². The molecule has 0 bridgehead atoms. The Hall–Kier alpha value is 0.0300. The van der Waals surface area contributed by atoms with Crippen LogP contribution in [0.2, 0.25) is 0 Å². The van der Waals surface area contributed by atoms with Gasteiger partial charge in [-0.2, -0.15) is 0 Å². The van der Waals surface area contributed by atoms with Gasteiger partial charge in [0.05, 0.1) is 27.7 Å². The van der Waals surface area contributed by atoms with Crippen LogP contribution >= 0.6 is 7.75 Å². The summed E-state index contributed by atoms with van der Waals surface area (Å²) in [5, 5.41) is 2.93. The molecule has 8 atom stereocenters. The van der Waals surface area contributed by atoms with Crippen LogP contribution in [0.1, 0.15) is 37.2 Å². The van der Waals surface area contributed by atoms with E-state index < -0.39 is 33.1 Å². The molecule has 3 aliphatic heterocycles. The first kappa shape index (κ1) is 11.6. The van der Waals surface area contributed by atoms with Gasteiger partial charge >= 0.3 is 7.75 Å². The lowest BCUT2D eigenvalue weighted by Crippen LogP contribution is -2.45. The normalized spacial score (nSPS) is 59.0. The average molecular weight is 310 g/mol. The van der Waals surface area contributed by atoms with E-state index in [9.17, 15) is 4.57 Å². The smallest absolute Gasteiger partial charge is 0.376 e. The first-order valence-corrected chi connectivity index (χ1v) is 8.60. The zero-order chi connectivity index (χ0) is 16.6. The van der Waals surface area contributed by atoms with E-state index in [1.807, 2.05) is 6.92 Å². The fourth-order valence-corrected chi connectivity index (χ4v) is 4.59. The molecule has 7 heteroatoms. The Labute approximate surface area is 124 Å². The van der Waals surface area contributed by atoms with E-state index in [-0.39, 0.29) is 38.0 Å². The zero-order valence-electron chi connectivity index (χ0n) is 14.6. The van der Waals surface area contributed by atoms with Gasteiger partial charge in [-0.15, -0.1) is 0 Å². The minimum atomic E-state index is -3.53. The van der Waals surface area contributed by atoms with Crippen molar-refractivity contribution in [1.29, 1.82) is 0 Å². The second kappa shape index (κ2) is 6.03. The van der Waals surface area contributed by atoms with E-state index in [2.05, 4.69) is 5.09 Å². The Morgan fingerprint density at radius 3 is 3.00 bits per heavy atom. The van der Waals surface area contributed by atoms with Crippen LogP contribution in [0.5, 0.6) is 0 Å². The molecule has 0 aliphatic carbocycles.